The van der Waals surface area contributed by atoms with Crippen LogP contribution in [0.5, 0.6) is 5.75 Å². The van der Waals surface area contributed by atoms with Crippen LogP contribution in [-0.2, 0) is 0 Å². The maximum atomic E-state index is 9.77. The van der Waals surface area contributed by atoms with Gasteiger partial charge in [0.1, 0.15) is 18.5 Å². The van der Waals surface area contributed by atoms with E-state index in [-0.39, 0.29) is 19.0 Å². The molecule has 22 heavy (non-hydrogen) atoms. The van der Waals surface area contributed by atoms with Gasteiger partial charge in [-0.25, -0.2) is 0 Å². The third-order valence-electron chi connectivity index (χ3n) is 2.84. The fourth-order valence-corrected chi connectivity index (χ4v) is 1.74. The lowest BCUT2D eigenvalue weighted by Crippen LogP contribution is -2.35. The van der Waals surface area contributed by atoms with Crippen molar-refractivity contribution in [1.82, 2.24) is 15.5 Å². The quantitative estimate of drug-likeness (QED) is 0.811. The van der Waals surface area contributed by atoms with Gasteiger partial charge in [0.2, 0.25) is 11.7 Å². The number of aromatic nitrogens is 2. The predicted molar refractivity (Wildman–Crippen MR) is 86.4 cm³/mol. The molecule has 0 spiro atoms. The molecule has 0 amide bonds. The van der Waals surface area contributed by atoms with E-state index in [4.69, 9.17) is 9.26 Å². The number of hydrogen-bond acceptors (Lipinski definition) is 6. The molecule has 2 aromatic rings. The van der Waals surface area contributed by atoms with Crippen molar-refractivity contribution >= 4 is 12.4 Å². The molecule has 0 aliphatic carbocycles. The van der Waals surface area contributed by atoms with Crippen molar-refractivity contribution in [2.75, 3.05) is 13.2 Å². The zero-order valence-corrected chi connectivity index (χ0v) is 13.8. The normalized spacial score (nSPS) is 12.0. The van der Waals surface area contributed by atoms with Crippen LogP contribution in [0.4, 0.5) is 0 Å². The zero-order valence-electron chi connectivity index (χ0n) is 12.9. The zero-order chi connectivity index (χ0) is 15.2. The van der Waals surface area contributed by atoms with Gasteiger partial charge in [-0.15, -0.1) is 12.4 Å². The molecular weight excluding hydrogens is 306 g/mol. The van der Waals surface area contributed by atoms with Crippen LogP contribution >= 0.6 is 12.4 Å². The molecular formula is C15H22ClN3O3. The van der Waals surface area contributed by atoms with E-state index in [2.05, 4.69) is 15.5 Å². The summed E-state index contributed by atoms with van der Waals surface area (Å²) in [6.45, 7) is 6.58. The summed E-state index contributed by atoms with van der Waals surface area (Å²) in [5, 5.41) is 16.8. The lowest BCUT2D eigenvalue weighted by molar-refractivity contribution is 0.104. The molecule has 0 saturated carbocycles. The van der Waals surface area contributed by atoms with Crippen molar-refractivity contribution in [3.63, 3.8) is 0 Å². The van der Waals surface area contributed by atoms with E-state index in [0.717, 1.165) is 5.56 Å². The molecule has 1 heterocycles. The van der Waals surface area contributed by atoms with Gasteiger partial charge in [-0.2, -0.15) is 4.98 Å². The number of aryl methyl sites for hydroxylation is 1. The molecule has 0 saturated heterocycles. The summed E-state index contributed by atoms with van der Waals surface area (Å²) < 4.78 is 10.5. The van der Waals surface area contributed by atoms with Gasteiger partial charge < -0.3 is 19.7 Å². The average Bonchev–Trinajstić information content (AvgIpc) is 2.90. The largest absolute Gasteiger partial charge is 0.491 e. The van der Waals surface area contributed by atoms with Gasteiger partial charge in [-0.1, -0.05) is 19.0 Å². The van der Waals surface area contributed by atoms with E-state index in [9.17, 15) is 5.11 Å². The van der Waals surface area contributed by atoms with Crippen LogP contribution in [0.3, 0.4) is 0 Å². The summed E-state index contributed by atoms with van der Waals surface area (Å²) in [6, 6.07) is 7.71. The summed E-state index contributed by atoms with van der Waals surface area (Å²) >= 11 is 0. The third-order valence-corrected chi connectivity index (χ3v) is 2.84. The maximum absolute atomic E-state index is 9.77. The Morgan fingerprint density at radius 3 is 2.50 bits per heavy atom. The number of halogens is 1. The molecule has 0 bridgehead atoms. The molecule has 0 aliphatic heterocycles. The number of benzene rings is 1. The summed E-state index contributed by atoms with van der Waals surface area (Å²) in [4.78, 5) is 4.16. The Labute approximate surface area is 136 Å². The molecule has 0 fully saturated rings. The van der Waals surface area contributed by atoms with Crippen molar-refractivity contribution in [2.24, 2.45) is 0 Å². The summed E-state index contributed by atoms with van der Waals surface area (Å²) in [6.07, 6.45) is -0.535. The van der Waals surface area contributed by atoms with Gasteiger partial charge in [0.25, 0.3) is 0 Å². The maximum Gasteiger partial charge on any atom is 0.223 e. The van der Waals surface area contributed by atoms with Gasteiger partial charge in [0.15, 0.2) is 0 Å². The third kappa shape index (κ3) is 5.63. The van der Waals surface area contributed by atoms with Crippen LogP contribution in [0.2, 0.25) is 0 Å². The van der Waals surface area contributed by atoms with Crippen molar-refractivity contribution in [1.29, 1.82) is 0 Å². The molecule has 1 aromatic heterocycles. The lowest BCUT2D eigenvalue weighted by Gasteiger charge is -2.15. The molecule has 0 radical (unpaired) electrons. The highest BCUT2D eigenvalue weighted by Crippen LogP contribution is 2.19. The van der Waals surface area contributed by atoms with Crippen LogP contribution in [-0.4, -0.2) is 40.5 Å². The molecule has 0 aliphatic rings. The molecule has 1 atom stereocenters. The van der Waals surface area contributed by atoms with Crippen LogP contribution < -0.4 is 10.1 Å². The smallest absolute Gasteiger partial charge is 0.223 e. The minimum atomic E-state index is -0.535. The molecule has 7 heteroatoms. The molecule has 1 unspecified atom stereocenters. The fourth-order valence-electron chi connectivity index (χ4n) is 1.74. The van der Waals surface area contributed by atoms with E-state index < -0.39 is 6.10 Å². The first-order valence-corrected chi connectivity index (χ1v) is 6.99. The minimum Gasteiger partial charge on any atom is -0.491 e. The number of hydrogen-bond donors (Lipinski definition) is 2. The Balaban J connectivity index is 0.00000242. The van der Waals surface area contributed by atoms with Crippen LogP contribution in [0.15, 0.2) is 28.8 Å². The second-order valence-corrected chi connectivity index (χ2v) is 5.19. The van der Waals surface area contributed by atoms with Gasteiger partial charge in [0, 0.05) is 25.1 Å². The van der Waals surface area contributed by atoms with Crippen LogP contribution in [0.1, 0.15) is 19.7 Å². The molecule has 1 aromatic carbocycles. The number of nitrogens with one attached hydrogen (secondary N) is 1. The van der Waals surface area contributed by atoms with Crippen LogP contribution in [0.25, 0.3) is 11.4 Å². The van der Waals surface area contributed by atoms with E-state index >= 15 is 0 Å². The number of rotatable bonds is 7. The summed E-state index contributed by atoms with van der Waals surface area (Å²) in [5.41, 5.74) is 0.862. The Morgan fingerprint density at radius 2 is 1.95 bits per heavy atom. The number of ether oxygens (including phenoxy) is 1. The van der Waals surface area contributed by atoms with E-state index in [0.29, 0.717) is 30.1 Å². The van der Waals surface area contributed by atoms with E-state index in [1.165, 1.54) is 0 Å². The average molecular weight is 328 g/mol. The molecule has 6 nitrogen and oxygen atoms in total. The highest BCUT2D eigenvalue weighted by atomic mass is 35.5. The Kier molecular flexibility index (Phi) is 7.31. The van der Waals surface area contributed by atoms with Gasteiger partial charge >= 0.3 is 0 Å². The number of aliphatic hydroxyl groups excluding tert-OH is 1. The van der Waals surface area contributed by atoms with Gasteiger partial charge in [-0.3, -0.25) is 0 Å². The lowest BCUT2D eigenvalue weighted by atomic mass is 10.2. The Morgan fingerprint density at radius 1 is 1.27 bits per heavy atom. The van der Waals surface area contributed by atoms with Crippen molar-refractivity contribution in [2.45, 2.75) is 32.9 Å². The van der Waals surface area contributed by atoms with Gasteiger partial charge in [-0.05, 0) is 24.3 Å². The minimum absolute atomic E-state index is 0. The number of nitrogens with zero attached hydrogens (tertiary/aromatic N) is 2. The topological polar surface area (TPSA) is 80.4 Å². The second-order valence-electron chi connectivity index (χ2n) is 5.19. The summed E-state index contributed by atoms with van der Waals surface area (Å²) in [5.74, 6) is 1.79. The first kappa shape index (κ1) is 18.4. The Bertz CT molecular complexity index is 557. The second kappa shape index (κ2) is 8.73. The monoisotopic (exact) mass is 327 g/mol. The Hall–Kier alpha value is -1.63. The highest BCUT2D eigenvalue weighted by molar-refractivity contribution is 5.85. The van der Waals surface area contributed by atoms with Crippen molar-refractivity contribution < 1.29 is 14.4 Å². The van der Waals surface area contributed by atoms with Crippen molar-refractivity contribution in [3.8, 4) is 17.1 Å². The standard InChI is InChI=1S/C15H21N3O3.ClH/c1-10(2)16-8-13(19)9-20-14-6-4-12(5-7-14)15-17-11(3)21-18-15;/h4-7,10,13,16,19H,8-9H2,1-3H3;1H. The number of aliphatic hydroxyl groups is 1. The van der Waals surface area contributed by atoms with Gasteiger partial charge in [0.05, 0.1) is 0 Å². The van der Waals surface area contributed by atoms with Crippen molar-refractivity contribution in [3.05, 3.63) is 30.2 Å². The summed E-state index contributed by atoms with van der Waals surface area (Å²) in [7, 11) is 0. The predicted octanol–water partition coefficient (Wildman–Crippen LogP) is 2.20. The SMILES string of the molecule is Cc1nc(-c2ccc(OCC(O)CNC(C)C)cc2)no1.Cl. The first-order chi connectivity index (χ1) is 10.0. The molecule has 2 rings (SSSR count). The molecule has 122 valence electrons. The fraction of sp³-hybridized carbons (Fsp3) is 0.467. The van der Waals surface area contributed by atoms with E-state index in [1.807, 2.05) is 38.1 Å². The highest BCUT2D eigenvalue weighted by Gasteiger charge is 2.08. The molecule has 2 N–H and O–H groups in total. The van der Waals surface area contributed by atoms with Crippen LogP contribution in [0, 0.1) is 6.92 Å². The first-order valence-electron chi connectivity index (χ1n) is 6.99. The van der Waals surface area contributed by atoms with E-state index in [1.54, 1.807) is 6.92 Å².